The molecule has 0 fully saturated rings. The molecule has 2 aromatic heterocycles. The zero-order valence-corrected chi connectivity index (χ0v) is 8.64. The second-order valence-corrected chi connectivity index (χ2v) is 3.27. The minimum Gasteiger partial charge on any atom is -0.382 e. The lowest BCUT2D eigenvalue weighted by molar-refractivity contribution is 0.0562. The Balaban J connectivity index is 2.51. The van der Waals surface area contributed by atoms with Crippen molar-refractivity contribution < 1.29 is 8.78 Å². The summed E-state index contributed by atoms with van der Waals surface area (Å²) in [5.41, 5.74) is 5.80. The molecule has 0 spiro atoms. The summed E-state index contributed by atoms with van der Waals surface area (Å²) in [4.78, 5) is 3.99. The molecule has 0 bridgehead atoms. The zero-order chi connectivity index (χ0) is 12.4. The van der Waals surface area contributed by atoms with Gasteiger partial charge in [0.1, 0.15) is 17.2 Å². The molecule has 0 aliphatic heterocycles. The molecule has 3 N–H and O–H groups in total. The summed E-state index contributed by atoms with van der Waals surface area (Å²) >= 11 is 0. The Kier molecular flexibility index (Phi) is 2.82. The smallest absolute Gasteiger partial charge is 0.333 e. The highest BCUT2D eigenvalue weighted by atomic mass is 19.3. The van der Waals surface area contributed by atoms with E-state index in [1.54, 1.807) is 18.2 Å². The summed E-state index contributed by atoms with van der Waals surface area (Å²) in [5.74, 6) is -0.458. The van der Waals surface area contributed by atoms with E-state index in [1.165, 1.54) is 12.3 Å². The summed E-state index contributed by atoms with van der Waals surface area (Å²) in [6, 6.07) is 6.38. The number of hydrogen-bond acceptors (Lipinski definition) is 3. The fraction of sp³-hybridized carbons (Fsp3) is 0.100. The van der Waals surface area contributed by atoms with E-state index in [-0.39, 0.29) is 11.4 Å². The molecule has 2 heterocycles. The second kappa shape index (κ2) is 4.28. The highest BCUT2D eigenvalue weighted by molar-refractivity contribution is 5.94. The minimum atomic E-state index is -2.84. The first-order valence-corrected chi connectivity index (χ1v) is 4.73. The summed E-state index contributed by atoms with van der Waals surface area (Å²) in [6.45, 7) is -2.84. The molecular formula is C10H9F2N5. The monoisotopic (exact) mass is 237 g/mol. The van der Waals surface area contributed by atoms with Crippen LogP contribution in [0.3, 0.4) is 0 Å². The first kappa shape index (κ1) is 11.2. The van der Waals surface area contributed by atoms with Crippen molar-refractivity contribution >= 4 is 5.84 Å². The van der Waals surface area contributed by atoms with E-state index in [1.807, 2.05) is 0 Å². The van der Waals surface area contributed by atoms with Crippen molar-refractivity contribution in [3.8, 4) is 11.4 Å². The third-order valence-electron chi connectivity index (χ3n) is 2.12. The lowest BCUT2D eigenvalue weighted by Gasteiger charge is -2.02. The predicted molar refractivity (Wildman–Crippen MR) is 57.7 cm³/mol. The van der Waals surface area contributed by atoms with Crippen LogP contribution in [0.15, 0.2) is 30.5 Å². The average Bonchev–Trinajstić information content (AvgIpc) is 2.75. The number of nitrogens with one attached hydrogen (secondary N) is 1. The van der Waals surface area contributed by atoms with Crippen molar-refractivity contribution in [3.63, 3.8) is 0 Å². The van der Waals surface area contributed by atoms with E-state index < -0.39 is 12.4 Å². The molecule has 0 atom stereocenters. The summed E-state index contributed by atoms with van der Waals surface area (Å²) in [7, 11) is 0. The maximum absolute atomic E-state index is 12.6. The van der Waals surface area contributed by atoms with E-state index >= 15 is 0 Å². The molecule has 0 aliphatic rings. The van der Waals surface area contributed by atoms with Crippen LogP contribution in [0.5, 0.6) is 0 Å². The van der Waals surface area contributed by atoms with Crippen LogP contribution < -0.4 is 5.73 Å². The van der Waals surface area contributed by atoms with Gasteiger partial charge in [0.15, 0.2) is 0 Å². The fourth-order valence-electron chi connectivity index (χ4n) is 1.38. The van der Waals surface area contributed by atoms with Gasteiger partial charge in [-0.15, -0.1) is 0 Å². The van der Waals surface area contributed by atoms with Crippen LogP contribution in [0.4, 0.5) is 8.78 Å². The molecule has 0 radical (unpaired) electrons. The Morgan fingerprint density at radius 2 is 2.12 bits per heavy atom. The Bertz CT molecular complexity index is 535. The molecule has 2 rings (SSSR count). The van der Waals surface area contributed by atoms with Crippen LogP contribution in [0.1, 0.15) is 12.2 Å². The Morgan fingerprint density at radius 1 is 1.35 bits per heavy atom. The van der Waals surface area contributed by atoms with Gasteiger partial charge in [0.05, 0.1) is 5.69 Å². The number of alkyl halides is 2. The van der Waals surface area contributed by atoms with Gasteiger partial charge < -0.3 is 5.73 Å². The van der Waals surface area contributed by atoms with Crippen LogP contribution in [-0.2, 0) is 0 Å². The number of halogens is 2. The number of aromatic nitrogens is 3. The molecule has 2 aromatic rings. The minimum absolute atomic E-state index is 0.124. The number of amidine groups is 1. The SMILES string of the molecule is N=C(N)c1cc(-c2ccccn2)nn1C(F)F. The van der Waals surface area contributed by atoms with Gasteiger partial charge in [-0.25, -0.2) is 0 Å². The average molecular weight is 237 g/mol. The van der Waals surface area contributed by atoms with Gasteiger partial charge in [0, 0.05) is 6.20 Å². The Labute approximate surface area is 95.4 Å². The Morgan fingerprint density at radius 3 is 2.59 bits per heavy atom. The molecular weight excluding hydrogens is 228 g/mol. The molecule has 0 unspecified atom stereocenters. The number of pyridine rings is 1. The van der Waals surface area contributed by atoms with Gasteiger partial charge in [-0.2, -0.15) is 18.6 Å². The van der Waals surface area contributed by atoms with Crippen molar-refractivity contribution in [2.24, 2.45) is 5.73 Å². The standard InChI is InChI=1S/C10H9F2N5/c11-10(12)17-8(9(13)14)5-7(16-17)6-3-1-2-4-15-6/h1-5,10H,(H3,13,14). The van der Waals surface area contributed by atoms with Gasteiger partial charge >= 0.3 is 6.55 Å². The van der Waals surface area contributed by atoms with Crippen molar-refractivity contribution in [1.82, 2.24) is 14.8 Å². The molecule has 0 amide bonds. The highest BCUT2D eigenvalue weighted by Crippen LogP contribution is 2.20. The summed E-state index contributed by atoms with van der Waals surface area (Å²) < 4.78 is 25.7. The number of nitrogen functional groups attached to an aromatic ring is 1. The van der Waals surface area contributed by atoms with E-state index in [2.05, 4.69) is 10.1 Å². The fourth-order valence-corrected chi connectivity index (χ4v) is 1.38. The zero-order valence-electron chi connectivity index (χ0n) is 8.64. The molecule has 17 heavy (non-hydrogen) atoms. The molecule has 0 saturated carbocycles. The van der Waals surface area contributed by atoms with E-state index in [9.17, 15) is 8.78 Å². The number of nitrogens with two attached hydrogens (primary N) is 1. The maximum Gasteiger partial charge on any atom is 0.333 e. The molecule has 0 saturated heterocycles. The van der Waals surface area contributed by atoms with Crippen LogP contribution in [0.25, 0.3) is 11.4 Å². The lowest BCUT2D eigenvalue weighted by atomic mass is 10.2. The first-order valence-electron chi connectivity index (χ1n) is 4.73. The van der Waals surface area contributed by atoms with Crippen LogP contribution in [0.2, 0.25) is 0 Å². The molecule has 88 valence electrons. The van der Waals surface area contributed by atoms with E-state index in [0.717, 1.165) is 0 Å². The van der Waals surface area contributed by atoms with Gasteiger partial charge in [-0.05, 0) is 18.2 Å². The van der Waals surface area contributed by atoms with Crippen molar-refractivity contribution in [1.29, 1.82) is 5.41 Å². The van der Waals surface area contributed by atoms with Gasteiger partial charge in [0.2, 0.25) is 0 Å². The molecule has 0 aromatic carbocycles. The van der Waals surface area contributed by atoms with Gasteiger partial charge in [-0.1, -0.05) is 6.07 Å². The normalized spacial score (nSPS) is 10.8. The summed E-state index contributed by atoms with van der Waals surface area (Å²) in [5, 5.41) is 10.9. The quantitative estimate of drug-likeness (QED) is 0.628. The third-order valence-corrected chi connectivity index (χ3v) is 2.12. The van der Waals surface area contributed by atoms with Crippen LogP contribution >= 0.6 is 0 Å². The predicted octanol–water partition coefficient (Wildman–Crippen LogP) is 1.62. The number of rotatable bonds is 3. The second-order valence-electron chi connectivity index (χ2n) is 3.27. The maximum atomic E-state index is 12.6. The van der Waals surface area contributed by atoms with Gasteiger partial charge in [-0.3, -0.25) is 10.4 Å². The summed E-state index contributed by atoms with van der Waals surface area (Å²) in [6.07, 6.45) is 1.53. The number of nitrogens with zero attached hydrogens (tertiary/aromatic N) is 3. The van der Waals surface area contributed by atoms with Crippen molar-refractivity contribution in [3.05, 3.63) is 36.2 Å². The number of hydrogen-bond donors (Lipinski definition) is 2. The van der Waals surface area contributed by atoms with Crippen molar-refractivity contribution in [2.75, 3.05) is 0 Å². The van der Waals surface area contributed by atoms with Crippen molar-refractivity contribution in [2.45, 2.75) is 6.55 Å². The molecule has 5 nitrogen and oxygen atoms in total. The third kappa shape index (κ3) is 2.12. The van der Waals surface area contributed by atoms with Crippen LogP contribution in [0, 0.1) is 5.41 Å². The van der Waals surface area contributed by atoms with E-state index in [0.29, 0.717) is 10.4 Å². The largest absolute Gasteiger partial charge is 0.382 e. The molecule has 7 heteroatoms. The topological polar surface area (TPSA) is 80.6 Å². The highest BCUT2D eigenvalue weighted by Gasteiger charge is 2.18. The Hall–Kier alpha value is -2.31. The van der Waals surface area contributed by atoms with Crippen LogP contribution in [-0.4, -0.2) is 20.6 Å². The molecule has 0 aliphatic carbocycles. The van der Waals surface area contributed by atoms with E-state index in [4.69, 9.17) is 11.1 Å². The van der Waals surface area contributed by atoms with Gasteiger partial charge in [0.25, 0.3) is 0 Å². The lowest BCUT2D eigenvalue weighted by Crippen LogP contribution is -2.18. The first-order chi connectivity index (χ1) is 8.09.